The number of anilines is 1. The van der Waals surface area contributed by atoms with E-state index >= 15 is 0 Å². The molecule has 0 aliphatic carbocycles. The number of nitrogens with zero attached hydrogens (tertiary/aromatic N) is 2. The number of carbonyl (C=O) groups excluding carboxylic acids is 2. The van der Waals surface area contributed by atoms with Crippen molar-refractivity contribution < 1.29 is 22.4 Å². The van der Waals surface area contributed by atoms with Crippen LogP contribution in [0.3, 0.4) is 0 Å². The lowest BCUT2D eigenvalue weighted by Crippen LogP contribution is -2.53. The predicted molar refractivity (Wildman–Crippen MR) is 153 cm³/mol. The molecule has 11 heteroatoms. The van der Waals surface area contributed by atoms with E-state index in [0.29, 0.717) is 13.0 Å². The molecule has 0 radical (unpaired) electrons. The van der Waals surface area contributed by atoms with E-state index in [1.807, 2.05) is 37.3 Å². The van der Waals surface area contributed by atoms with Crippen molar-refractivity contribution >= 4 is 50.7 Å². The average molecular weight is 595 g/mol. The Labute approximate surface area is 238 Å². The summed E-state index contributed by atoms with van der Waals surface area (Å²) in [5, 5.41) is 2.89. The number of rotatable bonds is 12. The van der Waals surface area contributed by atoms with Gasteiger partial charge in [-0.05, 0) is 30.2 Å². The summed E-state index contributed by atoms with van der Waals surface area (Å²) in [6.07, 6.45) is 1.74. The number of hydrogen-bond acceptors (Lipinski definition) is 4. The first-order chi connectivity index (χ1) is 18.5. The molecule has 1 atom stereocenters. The van der Waals surface area contributed by atoms with E-state index in [2.05, 4.69) is 5.32 Å². The summed E-state index contributed by atoms with van der Waals surface area (Å²) in [6, 6.07) is 18.4. The zero-order valence-electron chi connectivity index (χ0n) is 21.6. The van der Waals surface area contributed by atoms with Gasteiger partial charge in [-0.1, -0.05) is 84.7 Å². The Bertz CT molecular complexity index is 1410. The van der Waals surface area contributed by atoms with Gasteiger partial charge >= 0.3 is 0 Å². The number of halogens is 3. The molecule has 3 aromatic carbocycles. The second-order valence-electron chi connectivity index (χ2n) is 8.95. The molecule has 208 valence electrons. The average Bonchev–Trinajstić information content (AvgIpc) is 2.90. The molecular formula is C28H30Cl2FN3O4S. The van der Waals surface area contributed by atoms with Crippen LogP contribution in [-0.2, 0) is 32.6 Å². The maximum atomic E-state index is 14.7. The van der Waals surface area contributed by atoms with Crippen LogP contribution >= 0.6 is 23.2 Å². The minimum atomic E-state index is -4.02. The van der Waals surface area contributed by atoms with Gasteiger partial charge in [0.15, 0.2) is 0 Å². The summed E-state index contributed by atoms with van der Waals surface area (Å²) in [7, 11) is -4.02. The van der Waals surface area contributed by atoms with E-state index in [4.69, 9.17) is 23.2 Å². The second-order valence-corrected chi connectivity index (χ2v) is 11.6. The maximum Gasteiger partial charge on any atom is 0.244 e. The molecule has 3 aromatic rings. The van der Waals surface area contributed by atoms with E-state index in [-0.39, 0.29) is 34.3 Å². The standard InChI is InChI=1S/C28H30Cl2FN3O4S/c1-3-16-32-28(36)25(17-20-10-5-4-6-11-20)33(18-21-12-7-8-14-23(21)31)26(35)19-34(39(2,37)38)24-15-9-13-22(29)27(24)30/h4-15,25H,3,16-19H2,1-2H3,(H,32,36)/t25-/m1/s1. The first-order valence-electron chi connectivity index (χ1n) is 12.3. The predicted octanol–water partition coefficient (Wildman–Crippen LogP) is 5.06. The van der Waals surface area contributed by atoms with Gasteiger partial charge in [-0.25, -0.2) is 12.8 Å². The van der Waals surface area contributed by atoms with Crippen LogP contribution in [-0.4, -0.2) is 50.5 Å². The van der Waals surface area contributed by atoms with Crippen LogP contribution in [0.5, 0.6) is 0 Å². The fourth-order valence-electron chi connectivity index (χ4n) is 4.01. The summed E-state index contributed by atoms with van der Waals surface area (Å²) in [6.45, 7) is 1.33. The first-order valence-corrected chi connectivity index (χ1v) is 14.9. The molecule has 0 spiro atoms. The highest BCUT2D eigenvalue weighted by molar-refractivity contribution is 7.92. The van der Waals surface area contributed by atoms with Crippen LogP contribution in [0.25, 0.3) is 0 Å². The zero-order valence-corrected chi connectivity index (χ0v) is 23.9. The largest absolute Gasteiger partial charge is 0.354 e. The van der Waals surface area contributed by atoms with Crippen molar-refractivity contribution in [2.45, 2.75) is 32.4 Å². The van der Waals surface area contributed by atoms with Crippen LogP contribution in [0, 0.1) is 5.82 Å². The molecule has 0 aliphatic heterocycles. The number of sulfonamides is 1. The topological polar surface area (TPSA) is 86.8 Å². The Hall–Kier alpha value is -3.14. The number of hydrogen-bond donors (Lipinski definition) is 1. The van der Waals surface area contributed by atoms with E-state index in [0.717, 1.165) is 16.1 Å². The molecule has 2 amide bonds. The minimum absolute atomic E-state index is 0.0147. The summed E-state index contributed by atoms with van der Waals surface area (Å²) in [5.74, 6) is -1.70. The quantitative estimate of drug-likeness (QED) is 0.318. The number of amides is 2. The Morgan fingerprint density at radius 2 is 1.64 bits per heavy atom. The number of carbonyl (C=O) groups is 2. The monoisotopic (exact) mass is 593 g/mol. The Balaban J connectivity index is 2.08. The molecule has 3 rings (SSSR count). The van der Waals surface area contributed by atoms with Crippen LogP contribution in [0.15, 0.2) is 72.8 Å². The van der Waals surface area contributed by atoms with Gasteiger partial charge in [-0.2, -0.15) is 0 Å². The van der Waals surface area contributed by atoms with Gasteiger partial charge in [0, 0.05) is 25.1 Å². The summed E-state index contributed by atoms with van der Waals surface area (Å²) in [5.41, 5.74) is 0.970. The molecule has 0 aromatic heterocycles. The van der Waals surface area contributed by atoms with Gasteiger partial charge in [0.1, 0.15) is 18.4 Å². The van der Waals surface area contributed by atoms with E-state index in [1.54, 1.807) is 6.07 Å². The van der Waals surface area contributed by atoms with Gasteiger partial charge in [0.25, 0.3) is 0 Å². The third kappa shape index (κ3) is 8.17. The van der Waals surface area contributed by atoms with Crippen molar-refractivity contribution in [3.8, 4) is 0 Å². The van der Waals surface area contributed by atoms with Crippen molar-refractivity contribution in [2.75, 3.05) is 23.7 Å². The molecule has 0 saturated carbocycles. The lowest BCUT2D eigenvalue weighted by molar-refractivity contribution is -0.140. The molecule has 0 heterocycles. The molecule has 0 bridgehead atoms. The lowest BCUT2D eigenvalue weighted by Gasteiger charge is -2.33. The van der Waals surface area contributed by atoms with Gasteiger partial charge in [0.2, 0.25) is 21.8 Å². The van der Waals surface area contributed by atoms with Crippen molar-refractivity contribution in [3.63, 3.8) is 0 Å². The Morgan fingerprint density at radius 3 is 2.28 bits per heavy atom. The molecule has 1 N–H and O–H groups in total. The zero-order chi connectivity index (χ0) is 28.6. The van der Waals surface area contributed by atoms with Crippen molar-refractivity contribution in [1.82, 2.24) is 10.2 Å². The van der Waals surface area contributed by atoms with Crippen LogP contribution in [0.4, 0.5) is 10.1 Å². The summed E-state index contributed by atoms with van der Waals surface area (Å²) in [4.78, 5) is 28.6. The normalized spacial score (nSPS) is 12.0. The van der Waals surface area contributed by atoms with Crippen LogP contribution < -0.4 is 9.62 Å². The minimum Gasteiger partial charge on any atom is -0.354 e. The molecule has 0 fully saturated rings. The van der Waals surface area contributed by atoms with Crippen molar-refractivity contribution in [3.05, 3.63) is 99.8 Å². The Kier molecular flexibility index (Phi) is 10.7. The second kappa shape index (κ2) is 13.8. The lowest BCUT2D eigenvalue weighted by atomic mass is 10.0. The van der Waals surface area contributed by atoms with E-state index < -0.39 is 40.2 Å². The highest BCUT2D eigenvalue weighted by Gasteiger charge is 2.34. The summed E-state index contributed by atoms with van der Waals surface area (Å²) >= 11 is 12.4. The van der Waals surface area contributed by atoms with Gasteiger partial charge in [-0.15, -0.1) is 0 Å². The van der Waals surface area contributed by atoms with E-state index in [9.17, 15) is 22.4 Å². The smallest absolute Gasteiger partial charge is 0.244 e. The van der Waals surface area contributed by atoms with Crippen LogP contribution in [0.2, 0.25) is 10.0 Å². The van der Waals surface area contributed by atoms with Crippen molar-refractivity contribution in [1.29, 1.82) is 0 Å². The van der Waals surface area contributed by atoms with E-state index in [1.165, 1.54) is 41.3 Å². The van der Waals surface area contributed by atoms with Gasteiger partial charge < -0.3 is 10.2 Å². The molecule has 39 heavy (non-hydrogen) atoms. The SMILES string of the molecule is CCCNC(=O)[C@@H](Cc1ccccc1)N(Cc1ccccc1F)C(=O)CN(c1cccc(Cl)c1Cl)S(C)(=O)=O. The molecule has 7 nitrogen and oxygen atoms in total. The molecular weight excluding hydrogens is 564 g/mol. The molecule has 0 aliphatic rings. The molecule has 0 unspecified atom stereocenters. The van der Waals surface area contributed by atoms with Crippen molar-refractivity contribution in [2.24, 2.45) is 0 Å². The van der Waals surface area contributed by atoms with Crippen LogP contribution in [0.1, 0.15) is 24.5 Å². The Morgan fingerprint density at radius 1 is 0.974 bits per heavy atom. The summed E-state index contributed by atoms with van der Waals surface area (Å²) < 4.78 is 41.2. The third-order valence-electron chi connectivity index (χ3n) is 6.00. The third-order valence-corrected chi connectivity index (χ3v) is 7.93. The highest BCUT2D eigenvalue weighted by atomic mass is 35.5. The molecule has 0 saturated heterocycles. The maximum absolute atomic E-state index is 14.7. The fraction of sp³-hybridized carbons (Fsp3) is 0.286. The number of nitrogens with one attached hydrogen (secondary N) is 1. The fourth-order valence-corrected chi connectivity index (χ4v) is 5.31. The first kappa shape index (κ1) is 30.4. The number of benzene rings is 3. The van der Waals surface area contributed by atoms with Gasteiger partial charge in [-0.3, -0.25) is 13.9 Å². The van der Waals surface area contributed by atoms with Gasteiger partial charge in [0.05, 0.1) is 22.0 Å². The highest BCUT2D eigenvalue weighted by Crippen LogP contribution is 2.34.